The molecule has 0 radical (unpaired) electrons. The van der Waals surface area contributed by atoms with E-state index < -0.39 is 23.6 Å². The van der Waals surface area contributed by atoms with E-state index in [1.807, 2.05) is 19.1 Å². The van der Waals surface area contributed by atoms with Gasteiger partial charge in [0.25, 0.3) is 0 Å². The Morgan fingerprint density at radius 3 is 2.52 bits per heavy atom. The van der Waals surface area contributed by atoms with Gasteiger partial charge in [-0.25, -0.2) is 13.2 Å². The van der Waals surface area contributed by atoms with Gasteiger partial charge >= 0.3 is 0 Å². The van der Waals surface area contributed by atoms with E-state index in [1.54, 1.807) is 12.1 Å². The van der Waals surface area contributed by atoms with Crippen LogP contribution in [0, 0.1) is 24.4 Å². The highest BCUT2D eigenvalue weighted by Gasteiger charge is 2.23. The zero-order valence-corrected chi connectivity index (χ0v) is 11.0. The van der Waals surface area contributed by atoms with Crippen molar-refractivity contribution in [2.24, 2.45) is 0 Å². The molecule has 3 rings (SSSR count). The number of hydrogen-bond donors (Lipinski definition) is 1. The van der Waals surface area contributed by atoms with Crippen LogP contribution < -0.4 is 0 Å². The molecule has 0 amide bonds. The number of hydrogen-bond acceptors (Lipinski definition) is 2. The second kappa shape index (κ2) is 4.93. The monoisotopic (exact) mass is 292 g/mol. The lowest BCUT2D eigenvalue weighted by Gasteiger charge is -2.09. The first-order valence-corrected chi connectivity index (χ1v) is 6.29. The molecule has 3 aromatic rings. The van der Waals surface area contributed by atoms with E-state index in [1.165, 1.54) is 0 Å². The number of fused-ring (bicyclic) bond motifs is 1. The molecule has 1 atom stereocenters. The van der Waals surface area contributed by atoms with Crippen molar-refractivity contribution in [2.75, 3.05) is 0 Å². The van der Waals surface area contributed by atoms with Gasteiger partial charge < -0.3 is 9.52 Å². The van der Waals surface area contributed by atoms with E-state index in [0.29, 0.717) is 5.58 Å². The van der Waals surface area contributed by atoms with Crippen LogP contribution in [-0.4, -0.2) is 5.11 Å². The van der Waals surface area contributed by atoms with E-state index in [0.717, 1.165) is 23.1 Å². The second-order valence-electron chi connectivity index (χ2n) is 4.86. The summed E-state index contributed by atoms with van der Waals surface area (Å²) in [6.45, 7) is 1.90. The lowest BCUT2D eigenvalue weighted by atomic mass is 10.1. The van der Waals surface area contributed by atoms with Gasteiger partial charge in [-0.2, -0.15) is 0 Å². The first kappa shape index (κ1) is 13.7. The van der Waals surface area contributed by atoms with E-state index >= 15 is 0 Å². The maximum absolute atomic E-state index is 13.7. The van der Waals surface area contributed by atoms with Gasteiger partial charge in [-0.1, -0.05) is 11.6 Å². The molecule has 21 heavy (non-hydrogen) atoms. The summed E-state index contributed by atoms with van der Waals surface area (Å²) < 4.78 is 45.3. The summed E-state index contributed by atoms with van der Waals surface area (Å²) in [7, 11) is 0. The zero-order chi connectivity index (χ0) is 15.1. The summed E-state index contributed by atoms with van der Waals surface area (Å²) in [5.74, 6) is -4.26. The predicted molar refractivity (Wildman–Crippen MR) is 71.3 cm³/mol. The Balaban J connectivity index is 2.08. The van der Waals surface area contributed by atoms with E-state index in [-0.39, 0.29) is 11.3 Å². The zero-order valence-electron chi connectivity index (χ0n) is 11.0. The molecule has 0 bridgehead atoms. The molecule has 1 aromatic heterocycles. The van der Waals surface area contributed by atoms with Crippen LogP contribution in [0.15, 0.2) is 40.8 Å². The fourth-order valence-electron chi connectivity index (χ4n) is 2.22. The number of aryl methyl sites for hydroxylation is 1. The van der Waals surface area contributed by atoms with Gasteiger partial charge in [0.05, 0.1) is 0 Å². The van der Waals surface area contributed by atoms with Gasteiger partial charge in [0.2, 0.25) is 0 Å². The third kappa shape index (κ3) is 2.29. The number of halogens is 3. The van der Waals surface area contributed by atoms with Gasteiger partial charge in [0.15, 0.2) is 17.5 Å². The fraction of sp³-hybridized carbons (Fsp3) is 0.125. The Kier molecular flexibility index (Phi) is 3.22. The molecule has 1 N–H and O–H groups in total. The average molecular weight is 292 g/mol. The Morgan fingerprint density at radius 1 is 1.00 bits per heavy atom. The van der Waals surface area contributed by atoms with Crippen molar-refractivity contribution in [3.63, 3.8) is 0 Å². The smallest absolute Gasteiger partial charge is 0.194 e. The largest absolute Gasteiger partial charge is 0.458 e. The van der Waals surface area contributed by atoms with E-state index in [2.05, 4.69) is 0 Å². The van der Waals surface area contributed by atoms with E-state index in [9.17, 15) is 18.3 Å². The number of rotatable bonds is 2. The highest BCUT2D eigenvalue weighted by atomic mass is 19.2. The molecule has 5 heteroatoms. The topological polar surface area (TPSA) is 33.4 Å². The SMILES string of the molecule is Cc1ccc2oc(C(O)c3ccc(F)c(F)c3F)cc2c1. The third-order valence-corrected chi connectivity index (χ3v) is 3.32. The summed E-state index contributed by atoms with van der Waals surface area (Å²) in [5, 5.41) is 10.9. The van der Waals surface area contributed by atoms with Gasteiger partial charge in [-0.3, -0.25) is 0 Å². The molecule has 108 valence electrons. The maximum atomic E-state index is 13.7. The molecule has 0 aliphatic heterocycles. The van der Waals surface area contributed by atoms with Crippen molar-refractivity contribution < 1.29 is 22.7 Å². The molecule has 0 fully saturated rings. The van der Waals surface area contributed by atoms with Crippen LogP contribution in [0.5, 0.6) is 0 Å². The first-order chi connectivity index (χ1) is 9.97. The Hall–Kier alpha value is -2.27. The first-order valence-electron chi connectivity index (χ1n) is 6.29. The molecule has 0 aliphatic carbocycles. The Labute approximate surface area is 118 Å². The van der Waals surface area contributed by atoms with Crippen molar-refractivity contribution in [2.45, 2.75) is 13.0 Å². The molecule has 0 aliphatic rings. The number of furan rings is 1. The summed E-state index contributed by atoms with van der Waals surface area (Å²) in [6.07, 6.45) is -1.51. The molecular weight excluding hydrogens is 281 g/mol. The normalized spacial score (nSPS) is 12.8. The van der Waals surface area contributed by atoms with Gasteiger partial charge in [0, 0.05) is 10.9 Å². The number of aliphatic hydroxyl groups excluding tert-OH is 1. The third-order valence-electron chi connectivity index (χ3n) is 3.32. The number of benzene rings is 2. The van der Waals surface area contributed by atoms with E-state index in [4.69, 9.17) is 4.42 Å². The Morgan fingerprint density at radius 2 is 1.76 bits per heavy atom. The molecule has 1 heterocycles. The van der Waals surface area contributed by atoms with Gasteiger partial charge in [0.1, 0.15) is 17.4 Å². The van der Waals surface area contributed by atoms with Crippen molar-refractivity contribution in [1.82, 2.24) is 0 Å². The molecule has 0 saturated carbocycles. The molecule has 2 aromatic carbocycles. The van der Waals surface area contributed by atoms with Crippen LogP contribution in [0.4, 0.5) is 13.2 Å². The highest BCUT2D eigenvalue weighted by molar-refractivity contribution is 5.78. The highest BCUT2D eigenvalue weighted by Crippen LogP contribution is 2.31. The molecular formula is C16H11F3O2. The maximum Gasteiger partial charge on any atom is 0.194 e. The minimum Gasteiger partial charge on any atom is -0.458 e. The van der Waals surface area contributed by atoms with Crippen LogP contribution in [0.1, 0.15) is 23.0 Å². The lowest BCUT2D eigenvalue weighted by Crippen LogP contribution is -2.04. The van der Waals surface area contributed by atoms with Crippen molar-refractivity contribution in [1.29, 1.82) is 0 Å². The molecule has 2 nitrogen and oxygen atoms in total. The summed E-state index contributed by atoms with van der Waals surface area (Å²) >= 11 is 0. The summed E-state index contributed by atoms with van der Waals surface area (Å²) in [6, 6.07) is 8.72. The fourth-order valence-corrected chi connectivity index (χ4v) is 2.22. The molecule has 1 unspecified atom stereocenters. The number of aliphatic hydroxyl groups is 1. The molecule has 0 spiro atoms. The van der Waals surface area contributed by atoms with Crippen LogP contribution in [0.2, 0.25) is 0 Å². The van der Waals surface area contributed by atoms with Crippen molar-refractivity contribution >= 4 is 11.0 Å². The second-order valence-corrected chi connectivity index (χ2v) is 4.86. The van der Waals surface area contributed by atoms with Crippen molar-refractivity contribution in [3.8, 4) is 0 Å². The van der Waals surface area contributed by atoms with Gasteiger partial charge in [-0.05, 0) is 37.3 Å². The average Bonchev–Trinajstić information content (AvgIpc) is 2.87. The van der Waals surface area contributed by atoms with Crippen LogP contribution >= 0.6 is 0 Å². The predicted octanol–water partition coefficient (Wildman–Crippen LogP) is 4.24. The van der Waals surface area contributed by atoms with Crippen LogP contribution in [0.25, 0.3) is 11.0 Å². The summed E-state index contributed by atoms with van der Waals surface area (Å²) in [4.78, 5) is 0. The van der Waals surface area contributed by atoms with Crippen LogP contribution in [0.3, 0.4) is 0 Å². The standard InChI is InChI=1S/C16H11F3O2/c1-8-2-5-12-9(6-8)7-13(21-12)16(20)10-3-4-11(17)15(19)14(10)18/h2-7,16,20H,1H3. The minimum atomic E-state index is -1.61. The molecule has 0 saturated heterocycles. The van der Waals surface area contributed by atoms with Crippen molar-refractivity contribution in [3.05, 3.63) is 70.7 Å². The Bertz CT molecular complexity index is 824. The summed E-state index contributed by atoms with van der Waals surface area (Å²) in [5.41, 5.74) is 1.16. The lowest BCUT2D eigenvalue weighted by molar-refractivity contribution is 0.185. The van der Waals surface area contributed by atoms with Gasteiger partial charge in [-0.15, -0.1) is 0 Å². The van der Waals surface area contributed by atoms with Crippen LogP contribution in [-0.2, 0) is 0 Å². The minimum absolute atomic E-state index is 0.0699. The quantitative estimate of drug-likeness (QED) is 0.717.